The number of hydrogen-bond donors (Lipinski definition) is 2. The van der Waals surface area contributed by atoms with Crippen LogP contribution in [0.25, 0.3) is 0 Å². The van der Waals surface area contributed by atoms with Crippen molar-refractivity contribution in [2.75, 3.05) is 19.0 Å². The summed E-state index contributed by atoms with van der Waals surface area (Å²) in [6, 6.07) is 7.59. The normalized spacial score (nSPS) is 11.7. The fourth-order valence-electron chi connectivity index (χ4n) is 1.56. The summed E-state index contributed by atoms with van der Waals surface area (Å²) in [4.78, 5) is 4.29. The molecule has 4 nitrogen and oxygen atoms in total. The van der Waals surface area contributed by atoms with Crippen molar-refractivity contribution in [3.8, 4) is 5.75 Å². The van der Waals surface area contributed by atoms with Crippen LogP contribution in [0, 0.1) is 5.92 Å². The van der Waals surface area contributed by atoms with Crippen LogP contribution in [0.4, 0.5) is 5.69 Å². The molecule has 0 aliphatic carbocycles. The topological polar surface area (TPSA) is 59.6 Å². The summed E-state index contributed by atoms with van der Waals surface area (Å²) in [5.74, 6) is 2.01. The first-order chi connectivity index (χ1) is 8.61. The molecule has 0 radical (unpaired) electrons. The molecule has 0 aliphatic rings. The molecule has 1 rings (SSSR count). The standard InChI is InChI=1S/C14H23N3O/c1-11(2)5-4-10-16-14(15)17-12-6-8-13(18-3)9-7-12/h6-9,11H,4-5,10H2,1-3H3,(H3,15,16,17). The van der Waals surface area contributed by atoms with Crippen molar-refractivity contribution >= 4 is 11.6 Å². The molecular weight excluding hydrogens is 226 g/mol. The minimum Gasteiger partial charge on any atom is -0.497 e. The Morgan fingerprint density at radius 1 is 1.33 bits per heavy atom. The fraction of sp³-hybridized carbons (Fsp3) is 0.500. The molecule has 0 aliphatic heterocycles. The number of nitrogens with one attached hydrogen (secondary N) is 1. The van der Waals surface area contributed by atoms with Crippen molar-refractivity contribution in [1.82, 2.24) is 0 Å². The zero-order valence-electron chi connectivity index (χ0n) is 11.4. The Hall–Kier alpha value is -1.71. The van der Waals surface area contributed by atoms with Crippen molar-refractivity contribution in [1.29, 1.82) is 0 Å². The van der Waals surface area contributed by atoms with Gasteiger partial charge >= 0.3 is 0 Å². The molecule has 1 aromatic carbocycles. The van der Waals surface area contributed by atoms with Gasteiger partial charge < -0.3 is 15.8 Å². The van der Waals surface area contributed by atoms with Crippen LogP contribution in [-0.4, -0.2) is 19.6 Å². The summed E-state index contributed by atoms with van der Waals surface area (Å²) < 4.78 is 5.09. The van der Waals surface area contributed by atoms with Crippen LogP contribution < -0.4 is 15.8 Å². The Balaban J connectivity index is 2.38. The third kappa shape index (κ3) is 5.57. The Morgan fingerprint density at radius 2 is 2.00 bits per heavy atom. The smallest absolute Gasteiger partial charge is 0.193 e. The third-order valence-electron chi connectivity index (χ3n) is 2.58. The van der Waals surface area contributed by atoms with Gasteiger partial charge in [-0.15, -0.1) is 0 Å². The van der Waals surface area contributed by atoms with E-state index in [1.807, 2.05) is 24.3 Å². The molecule has 18 heavy (non-hydrogen) atoms. The van der Waals surface area contributed by atoms with Crippen LogP contribution in [0.2, 0.25) is 0 Å². The predicted molar refractivity (Wildman–Crippen MR) is 77.2 cm³/mol. The number of nitrogens with zero attached hydrogens (tertiary/aromatic N) is 1. The zero-order valence-corrected chi connectivity index (χ0v) is 11.4. The summed E-state index contributed by atoms with van der Waals surface area (Å²) in [7, 11) is 1.65. The third-order valence-corrected chi connectivity index (χ3v) is 2.58. The van der Waals surface area contributed by atoms with Gasteiger partial charge in [-0.2, -0.15) is 0 Å². The molecule has 0 fully saturated rings. The molecule has 0 unspecified atom stereocenters. The number of methoxy groups -OCH3 is 1. The number of aliphatic imine (C=N–C) groups is 1. The number of benzene rings is 1. The lowest BCUT2D eigenvalue weighted by molar-refractivity contribution is 0.415. The fourth-order valence-corrected chi connectivity index (χ4v) is 1.56. The molecule has 1 aromatic rings. The Kier molecular flexibility index (Phi) is 6.05. The highest BCUT2D eigenvalue weighted by atomic mass is 16.5. The quantitative estimate of drug-likeness (QED) is 0.463. The van der Waals surface area contributed by atoms with Gasteiger partial charge in [0, 0.05) is 12.2 Å². The average molecular weight is 249 g/mol. The molecule has 0 heterocycles. The lowest BCUT2D eigenvalue weighted by atomic mass is 10.1. The van der Waals surface area contributed by atoms with Gasteiger partial charge in [0.25, 0.3) is 0 Å². The van der Waals surface area contributed by atoms with E-state index in [2.05, 4.69) is 24.2 Å². The first kappa shape index (κ1) is 14.4. The van der Waals surface area contributed by atoms with Gasteiger partial charge in [-0.25, -0.2) is 0 Å². The molecule has 0 spiro atoms. The summed E-state index contributed by atoms with van der Waals surface area (Å²) in [6.07, 6.45) is 2.25. The second-order valence-corrected chi connectivity index (χ2v) is 4.66. The molecule has 0 atom stereocenters. The zero-order chi connectivity index (χ0) is 13.4. The van der Waals surface area contributed by atoms with Gasteiger partial charge in [-0.05, 0) is 43.0 Å². The number of guanidine groups is 1. The number of anilines is 1. The highest BCUT2D eigenvalue weighted by molar-refractivity contribution is 5.92. The maximum Gasteiger partial charge on any atom is 0.193 e. The number of ether oxygens (including phenoxy) is 1. The number of rotatable bonds is 6. The highest BCUT2D eigenvalue weighted by Crippen LogP contribution is 2.14. The predicted octanol–water partition coefficient (Wildman–Crippen LogP) is 2.86. The summed E-state index contributed by atoms with van der Waals surface area (Å²) >= 11 is 0. The maximum atomic E-state index is 5.80. The molecule has 0 aromatic heterocycles. The van der Waals surface area contributed by atoms with Gasteiger partial charge in [0.05, 0.1) is 7.11 Å². The molecular formula is C14H23N3O. The van der Waals surface area contributed by atoms with Crippen molar-refractivity contribution in [3.63, 3.8) is 0 Å². The first-order valence-corrected chi connectivity index (χ1v) is 6.33. The van der Waals surface area contributed by atoms with Gasteiger partial charge in [-0.3, -0.25) is 4.99 Å². The van der Waals surface area contributed by atoms with E-state index in [1.54, 1.807) is 7.11 Å². The van der Waals surface area contributed by atoms with Crippen molar-refractivity contribution in [2.24, 2.45) is 16.6 Å². The minimum absolute atomic E-state index is 0.462. The van der Waals surface area contributed by atoms with Crippen LogP contribution in [0.1, 0.15) is 26.7 Å². The van der Waals surface area contributed by atoms with Crippen LogP contribution >= 0.6 is 0 Å². The second kappa shape index (κ2) is 7.58. The van der Waals surface area contributed by atoms with E-state index >= 15 is 0 Å². The van der Waals surface area contributed by atoms with Gasteiger partial charge in [-0.1, -0.05) is 13.8 Å². The van der Waals surface area contributed by atoms with E-state index in [-0.39, 0.29) is 0 Å². The Bertz CT molecular complexity index is 371. The first-order valence-electron chi connectivity index (χ1n) is 6.33. The van der Waals surface area contributed by atoms with E-state index in [0.717, 1.165) is 30.3 Å². The summed E-state index contributed by atoms with van der Waals surface area (Å²) in [5, 5.41) is 3.05. The highest BCUT2D eigenvalue weighted by Gasteiger charge is 1.97. The van der Waals surface area contributed by atoms with Crippen molar-refractivity contribution in [3.05, 3.63) is 24.3 Å². The van der Waals surface area contributed by atoms with E-state index in [0.29, 0.717) is 5.96 Å². The minimum atomic E-state index is 0.462. The molecule has 0 saturated carbocycles. The van der Waals surface area contributed by atoms with E-state index in [1.165, 1.54) is 6.42 Å². The van der Waals surface area contributed by atoms with Crippen molar-refractivity contribution in [2.45, 2.75) is 26.7 Å². The molecule has 0 bridgehead atoms. The monoisotopic (exact) mass is 249 g/mol. The van der Waals surface area contributed by atoms with Crippen molar-refractivity contribution < 1.29 is 4.74 Å². The van der Waals surface area contributed by atoms with Crippen LogP contribution in [0.15, 0.2) is 29.3 Å². The Labute approximate surface area is 109 Å². The lowest BCUT2D eigenvalue weighted by Gasteiger charge is -2.07. The number of nitrogens with two attached hydrogens (primary N) is 1. The molecule has 3 N–H and O–H groups in total. The molecule has 0 amide bonds. The van der Waals surface area contributed by atoms with Crippen LogP contribution in [0.3, 0.4) is 0 Å². The SMILES string of the molecule is COc1ccc(NC(N)=NCCCC(C)C)cc1. The maximum absolute atomic E-state index is 5.80. The van der Waals surface area contributed by atoms with E-state index in [4.69, 9.17) is 10.5 Å². The van der Waals surface area contributed by atoms with Crippen LogP contribution in [-0.2, 0) is 0 Å². The van der Waals surface area contributed by atoms with Gasteiger partial charge in [0.15, 0.2) is 5.96 Å². The second-order valence-electron chi connectivity index (χ2n) is 4.66. The lowest BCUT2D eigenvalue weighted by Crippen LogP contribution is -2.22. The van der Waals surface area contributed by atoms with Gasteiger partial charge in [0.2, 0.25) is 0 Å². The summed E-state index contributed by atoms with van der Waals surface area (Å²) in [6.45, 7) is 5.19. The largest absolute Gasteiger partial charge is 0.497 e. The molecule has 0 saturated heterocycles. The molecule has 4 heteroatoms. The Morgan fingerprint density at radius 3 is 2.56 bits per heavy atom. The van der Waals surface area contributed by atoms with E-state index < -0.39 is 0 Å². The summed E-state index contributed by atoms with van der Waals surface area (Å²) in [5.41, 5.74) is 6.72. The number of hydrogen-bond acceptors (Lipinski definition) is 2. The van der Waals surface area contributed by atoms with Crippen LogP contribution in [0.5, 0.6) is 5.75 Å². The van der Waals surface area contributed by atoms with Gasteiger partial charge in [0.1, 0.15) is 5.75 Å². The van der Waals surface area contributed by atoms with E-state index in [9.17, 15) is 0 Å². The average Bonchev–Trinajstić information content (AvgIpc) is 2.35. The molecule has 100 valence electrons.